The predicted octanol–water partition coefficient (Wildman–Crippen LogP) is 6.00. The zero-order valence-electron chi connectivity index (χ0n) is 15.2. The molecule has 0 aliphatic heterocycles. The fraction of sp³-hybridized carbons (Fsp3) is 0.455. The number of hydrogen-bond donors (Lipinski definition) is 0. The molecular formula is C22H26F2O2. The van der Waals surface area contributed by atoms with Crippen molar-refractivity contribution < 1.29 is 18.3 Å². The van der Waals surface area contributed by atoms with Gasteiger partial charge < -0.3 is 9.47 Å². The first-order chi connectivity index (χ1) is 12.7. The second-order valence-corrected chi connectivity index (χ2v) is 6.98. The van der Waals surface area contributed by atoms with Crippen molar-refractivity contribution in [2.75, 3.05) is 13.2 Å². The van der Waals surface area contributed by atoms with Gasteiger partial charge in [-0.05, 0) is 67.9 Å². The van der Waals surface area contributed by atoms with Gasteiger partial charge in [0.2, 0.25) is 0 Å². The van der Waals surface area contributed by atoms with Crippen LogP contribution < -0.4 is 4.74 Å². The first kappa shape index (κ1) is 18.8. The molecular weight excluding hydrogens is 334 g/mol. The van der Waals surface area contributed by atoms with Crippen molar-refractivity contribution in [1.82, 2.24) is 0 Å². The average molecular weight is 360 g/mol. The van der Waals surface area contributed by atoms with E-state index < -0.39 is 11.6 Å². The molecule has 1 saturated carbocycles. The molecule has 0 bridgehead atoms. The highest BCUT2D eigenvalue weighted by atomic mass is 19.1. The Morgan fingerprint density at radius 1 is 1.00 bits per heavy atom. The first-order valence-corrected chi connectivity index (χ1v) is 9.45. The molecule has 0 amide bonds. The summed E-state index contributed by atoms with van der Waals surface area (Å²) < 4.78 is 38.8. The Morgan fingerprint density at radius 2 is 1.81 bits per heavy atom. The molecule has 2 aromatic rings. The van der Waals surface area contributed by atoms with Crippen LogP contribution in [0.2, 0.25) is 0 Å². The van der Waals surface area contributed by atoms with E-state index in [2.05, 4.69) is 6.92 Å². The lowest BCUT2D eigenvalue weighted by atomic mass is 9.88. The Morgan fingerprint density at radius 3 is 2.54 bits per heavy atom. The number of benzene rings is 2. The van der Waals surface area contributed by atoms with E-state index in [1.54, 1.807) is 6.07 Å². The number of ether oxygens (including phenoxy) is 2. The average Bonchev–Trinajstić information content (AvgIpc) is 2.66. The highest BCUT2D eigenvalue weighted by Gasteiger charge is 2.22. The summed E-state index contributed by atoms with van der Waals surface area (Å²) in [4.78, 5) is 0. The molecule has 3 rings (SSSR count). The summed E-state index contributed by atoms with van der Waals surface area (Å²) in [6.45, 7) is 3.64. The fourth-order valence-electron chi connectivity index (χ4n) is 3.44. The van der Waals surface area contributed by atoms with Gasteiger partial charge in [0.25, 0.3) is 0 Å². The predicted molar refractivity (Wildman–Crippen MR) is 99.3 cm³/mol. The summed E-state index contributed by atoms with van der Waals surface area (Å²) >= 11 is 0. The van der Waals surface area contributed by atoms with Gasteiger partial charge in [-0.1, -0.05) is 19.1 Å². The van der Waals surface area contributed by atoms with Crippen LogP contribution in [0.15, 0.2) is 42.5 Å². The summed E-state index contributed by atoms with van der Waals surface area (Å²) in [5.41, 5.74) is 1.07. The van der Waals surface area contributed by atoms with Gasteiger partial charge in [0.15, 0.2) is 0 Å². The maximum Gasteiger partial charge on any atom is 0.133 e. The van der Waals surface area contributed by atoms with E-state index in [1.807, 2.05) is 18.2 Å². The van der Waals surface area contributed by atoms with E-state index in [1.165, 1.54) is 12.1 Å². The quantitative estimate of drug-likeness (QED) is 0.603. The normalized spacial score (nSPS) is 20.1. The van der Waals surface area contributed by atoms with Crippen LogP contribution in [0.5, 0.6) is 5.75 Å². The molecule has 0 N–H and O–H groups in total. The van der Waals surface area contributed by atoms with Gasteiger partial charge in [-0.15, -0.1) is 0 Å². The van der Waals surface area contributed by atoms with Gasteiger partial charge in [0.1, 0.15) is 17.4 Å². The maximum atomic E-state index is 14.0. The first-order valence-electron chi connectivity index (χ1n) is 9.45. The molecule has 0 saturated heterocycles. The smallest absolute Gasteiger partial charge is 0.133 e. The summed E-state index contributed by atoms with van der Waals surface area (Å²) in [5, 5.41) is 0. The fourth-order valence-corrected chi connectivity index (χ4v) is 3.44. The Hall–Kier alpha value is -1.94. The second kappa shape index (κ2) is 9.13. The Balaban J connectivity index is 1.55. The van der Waals surface area contributed by atoms with Crippen LogP contribution in [0.3, 0.4) is 0 Å². The van der Waals surface area contributed by atoms with Crippen molar-refractivity contribution in [3.63, 3.8) is 0 Å². The molecule has 0 heterocycles. The number of rotatable bonds is 7. The molecule has 0 aromatic heterocycles. The Kier molecular flexibility index (Phi) is 6.62. The van der Waals surface area contributed by atoms with Gasteiger partial charge in [-0.3, -0.25) is 0 Å². The standard InChI is InChI=1S/C22H26F2O2/c1-2-12-25-19-9-6-16(7-10-19)15-26-20-5-3-4-17(13-20)21-11-8-18(23)14-22(21)24/h3-5,8,11,13-14,16,19H,2,6-7,9-10,12,15H2,1H3. The van der Waals surface area contributed by atoms with E-state index in [0.29, 0.717) is 29.8 Å². The van der Waals surface area contributed by atoms with E-state index >= 15 is 0 Å². The summed E-state index contributed by atoms with van der Waals surface area (Å²) in [6, 6.07) is 11.0. The van der Waals surface area contributed by atoms with Crippen molar-refractivity contribution in [3.05, 3.63) is 54.1 Å². The minimum atomic E-state index is -0.572. The van der Waals surface area contributed by atoms with Crippen LogP contribution in [0.4, 0.5) is 8.78 Å². The van der Waals surface area contributed by atoms with Gasteiger partial charge in [0.05, 0.1) is 12.7 Å². The molecule has 1 fully saturated rings. The molecule has 140 valence electrons. The monoisotopic (exact) mass is 360 g/mol. The van der Waals surface area contributed by atoms with Crippen molar-refractivity contribution in [2.24, 2.45) is 5.92 Å². The largest absolute Gasteiger partial charge is 0.493 e. The van der Waals surface area contributed by atoms with Crippen LogP contribution in [0, 0.1) is 17.6 Å². The van der Waals surface area contributed by atoms with E-state index in [0.717, 1.165) is 50.5 Å². The van der Waals surface area contributed by atoms with Crippen LogP contribution in [0.25, 0.3) is 11.1 Å². The van der Waals surface area contributed by atoms with E-state index in [9.17, 15) is 8.78 Å². The zero-order chi connectivity index (χ0) is 18.4. The Labute approximate surface area is 154 Å². The van der Waals surface area contributed by atoms with Crippen molar-refractivity contribution in [1.29, 1.82) is 0 Å². The lowest BCUT2D eigenvalue weighted by Gasteiger charge is -2.28. The molecule has 2 aromatic carbocycles. The van der Waals surface area contributed by atoms with Gasteiger partial charge >= 0.3 is 0 Å². The van der Waals surface area contributed by atoms with Crippen molar-refractivity contribution >= 4 is 0 Å². The molecule has 0 radical (unpaired) electrons. The topological polar surface area (TPSA) is 18.5 Å². The zero-order valence-corrected chi connectivity index (χ0v) is 15.2. The maximum absolute atomic E-state index is 14.0. The highest BCUT2D eigenvalue weighted by Crippen LogP contribution is 2.29. The summed E-state index contributed by atoms with van der Waals surface area (Å²) in [5.74, 6) is 0.114. The molecule has 1 aliphatic rings. The molecule has 1 aliphatic carbocycles. The van der Waals surface area contributed by atoms with Crippen LogP contribution in [-0.2, 0) is 4.74 Å². The van der Waals surface area contributed by atoms with Crippen LogP contribution >= 0.6 is 0 Å². The highest BCUT2D eigenvalue weighted by molar-refractivity contribution is 5.65. The molecule has 0 atom stereocenters. The summed E-state index contributed by atoms with van der Waals surface area (Å²) in [7, 11) is 0. The molecule has 26 heavy (non-hydrogen) atoms. The summed E-state index contributed by atoms with van der Waals surface area (Å²) in [6.07, 6.45) is 5.87. The van der Waals surface area contributed by atoms with E-state index in [4.69, 9.17) is 9.47 Å². The van der Waals surface area contributed by atoms with Gasteiger partial charge in [0, 0.05) is 18.2 Å². The molecule has 0 unspecified atom stereocenters. The third-order valence-corrected chi connectivity index (χ3v) is 4.91. The van der Waals surface area contributed by atoms with Crippen molar-refractivity contribution in [3.8, 4) is 16.9 Å². The number of hydrogen-bond acceptors (Lipinski definition) is 2. The van der Waals surface area contributed by atoms with Crippen molar-refractivity contribution in [2.45, 2.75) is 45.1 Å². The molecule has 2 nitrogen and oxygen atoms in total. The van der Waals surface area contributed by atoms with Gasteiger partial charge in [-0.25, -0.2) is 8.78 Å². The third-order valence-electron chi connectivity index (χ3n) is 4.91. The molecule has 0 spiro atoms. The van der Waals surface area contributed by atoms with Crippen LogP contribution in [0.1, 0.15) is 39.0 Å². The minimum absolute atomic E-state index is 0.380. The molecule has 4 heteroatoms. The van der Waals surface area contributed by atoms with E-state index in [-0.39, 0.29) is 0 Å². The minimum Gasteiger partial charge on any atom is -0.493 e. The number of halogens is 2. The van der Waals surface area contributed by atoms with Crippen LogP contribution in [-0.4, -0.2) is 19.3 Å². The second-order valence-electron chi connectivity index (χ2n) is 6.98. The van der Waals surface area contributed by atoms with Gasteiger partial charge in [-0.2, -0.15) is 0 Å². The Bertz CT molecular complexity index is 709. The third kappa shape index (κ3) is 5.04. The SMILES string of the molecule is CCCOC1CCC(COc2cccc(-c3ccc(F)cc3F)c2)CC1. The lowest BCUT2D eigenvalue weighted by molar-refractivity contribution is 0.0132. The lowest BCUT2D eigenvalue weighted by Crippen LogP contribution is -2.25.